The van der Waals surface area contributed by atoms with Crippen molar-refractivity contribution >= 4 is 39.1 Å². The second-order valence-corrected chi connectivity index (χ2v) is 10.4. The topological polar surface area (TPSA) is 75.7 Å². The largest absolute Gasteiger partial charge is 0.497 e. The van der Waals surface area contributed by atoms with Gasteiger partial charge in [-0.2, -0.15) is 0 Å². The highest BCUT2D eigenvalue weighted by Gasteiger charge is 2.32. The summed E-state index contributed by atoms with van der Waals surface area (Å²) in [5.74, 6) is 0.101. The number of halogens is 2. The smallest absolute Gasteiger partial charge is 0.224 e. The fourth-order valence-electron chi connectivity index (χ4n) is 3.60. The Kier molecular flexibility index (Phi) is 8.22. The molecule has 0 spiro atoms. The molecule has 31 heavy (non-hydrogen) atoms. The maximum absolute atomic E-state index is 12.9. The molecule has 2 aromatic rings. The van der Waals surface area contributed by atoms with E-state index >= 15 is 0 Å². The maximum atomic E-state index is 12.9. The molecule has 1 fully saturated rings. The van der Waals surface area contributed by atoms with Gasteiger partial charge in [-0.15, -0.1) is 0 Å². The molecule has 1 saturated heterocycles. The first kappa shape index (κ1) is 23.9. The van der Waals surface area contributed by atoms with Crippen LogP contribution in [0.2, 0.25) is 10.0 Å². The summed E-state index contributed by atoms with van der Waals surface area (Å²) in [7, 11) is -1.98. The van der Waals surface area contributed by atoms with Crippen molar-refractivity contribution in [3.05, 3.63) is 63.6 Å². The van der Waals surface area contributed by atoms with E-state index < -0.39 is 10.0 Å². The summed E-state index contributed by atoms with van der Waals surface area (Å²) in [5, 5.41) is 3.71. The zero-order valence-electron chi connectivity index (χ0n) is 17.3. The SMILES string of the molecule is COc1ccc(CCNC(=O)C2CCCN(S(=O)(=O)Cc3ccc(Cl)cc3Cl)C2)cc1. The lowest BCUT2D eigenvalue weighted by Gasteiger charge is -2.31. The average molecular weight is 485 g/mol. The van der Waals surface area contributed by atoms with Crippen LogP contribution in [0.25, 0.3) is 0 Å². The van der Waals surface area contributed by atoms with Crippen LogP contribution in [0.4, 0.5) is 0 Å². The molecule has 1 atom stereocenters. The van der Waals surface area contributed by atoms with Crippen LogP contribution in [0.3, 0.4) is 0 Å². The van der Waals surface area contributed by atoms with Crippen LogP contribution in [0.15, 0.2) is 42.5 Å². The Labute approximate surface area is 193 Å². The van der Waals surface area contributed by atoms with Gasteiger partial charge < -0.3 is 10.1 Å². The Hall–Kier alpha value is -1.80. The number of sulfonamides is 1. The van der Waals surface area contributed by atoms with Crippen molar-refractivity contribution in [2.24, 2.45) is 5.92 Å². The number of piperidine rings is 1. The van der Waals surface area contributed by atoms with E-state index in [2.05, 4.69) is 5.32 Å². The van der Waals surface area contributed by atoms with Crippen molar-refractivity contribution in [3.63, 3.8) is 0 Å². The standard InChI is InChI=1S/C22H26Cl2N2O4S/c1-30-20-8-4-16(5-9-20)10-11-25-22(27)17-3-2-12-26(14-17)31(28,29)15-18-6-7-19(23)13-21(18)24/h4-9,13,17H,2-3,10-12,14-15H2,1H3,(H,25,27). The highest BCUT2D eigenvalue weighted by molar-refractivity contribution is 7.88. The molecule has 0 bridgehead atoms. The molecule has 1 aliphatic rings. The number of benzene rings is 2. The number of nitrogens with zero attached hydrogens (tertiary/aromatic N) is 1. The minimum Gasteiger partial charge on any atom is -0.497 e. The molecule has 1 unspecified atom stereocenters. The Balaban J connectivity index is 1.54. The first-order valence-electron chi connectivity index (χ1n) is 10.1. The van der Waals surface area contributed by atoms with Crippen molar-refractivity contribution in [2.75, 3.05) is 26.7 Å². The second kappa shape index (κ2) is 10.7. The normalized spacial score (nSPS) is 17.3. The maximum Gasteiger partial charge on any atom is 0.224 e. The zero-order valence-corrected chi connectivity index (χ0v) is 19.6. The minimum absolute atomic E-state index is 0.113. The third-order valence-electron chi connectivity index (χ3n) is 5.37. The number of ether oxygens (including phenoxy) is 1. The number of amides is 1. The predicted molar refractivity (Wildman–Crippen MR) is 123 cm³/mol. The third kappa shape index (κ3) is 6.59. The summed E-state index contributed by atoms with van der Waals surface area (Å²) >= 11 is 12.0. The highest BCUT2D eigenvalue weighted by Crippen LogP contribution is 2.26. The summed E-state index contributed by atoms with van der Waals surface area (Å²) in [6.45, 7) is 1.08. The van der Waals surface area contributed by atoms with Gasteiger partial charge in [0.2, 0.25) is 15.9 Å². The van der Waals surface area contributed by atoms with E-state index in [1.807, 2.05) is 24.3 Å². The van der Waals surface area contributed by atoms with Crippen LogP contribution in [-0.4, -0.2) is 45.4 Å². The van der Waals surface area contributed by atoms with Crippen LogP contribution in [0, 0.1) is 5.92 Å². The van der Waals surface area contributed by atoms with Crippen molar-refractivity contribution in [2.45, 2.75) is 25.0 Å². The van der Waals surface area contributed by atoms with E-state index in [0.717, 1.165) is 11.3 Å². The molecule has 1 aliphatic heterocycles. The highest BCUT2D eigenvalue weighted by atomic mass is 35.5. The molecule has 0 radical (unpaired) electrons. The van der Waals surface area contributed by atoms with Gasteiger partial charge in [0.25, 0.3) is 0 Å². The number of carbonyl (C=O) groups excluding carboxylic acids is 1. The lowest BCUT2D eigenvalue weighted by molar-refractivity contribution is -0.126. The van der Waals surface area contributed by atoms with Gasteiger partial charge in [-0.1, -0.05) is 41.4 Å². The number of carbonyl (C=O) groups is 1. The van der Waals surface area contributed by atoms with E-state index in [-0.39, 0.29) is 24.1 Å². The second-order valence-electron chi connectivity index (χ2n) is 7.58. The Morgan fingerprint density at radius 2 is 1.94 bits per heavy atom. The average Bonchev–Trinajstić information content (AvgIpc) is 2.76. The zero-order chi connectivity index (χ0) is 22.4. The number of rotatable bonds is 8. The molecule has 2 aromatic carbocycles. The first-order chi connectivity index (χ1) is 14.8. The number of methoxy groups -OCH3 is 1. The number of hydrogen-bond acceptors (Lipinski definition) is 4. The van der Waals surface area contributed by atoms with Gasteiger partial charge in [0.1, 0.15) is 5.75 Å². The Morgan fingerprint density at radius 1 is 1.19 bits per heavy atom. The van der Waals surface area contributed by atoms with Gasteiger partial charge in [0, 0.05) is 29.7 Å². The van der Waals surface area contributed by atoms with Gasteiger partial charge in [-0.3, -0.25) is 4.79 Å². The summed E-state index contributed by atoms with van der Waals surface area (Å²) < 4.78 is 32.3. The van der Waals surface area contributed by atoms with E-state index in [9.17, 15) is 13.2 Å². The molecule has 0 aromatic heterocycles. The lowest BCUT2D eigenvalue weighted by Crippen LogP contribution is -2.46. The summed E-state index contributed by atoms with van der Waals surface area (Å²) in [6.07, 6.45) is 2.01. The van der Waals surface area contributed by atoms with Crippen molar-refractivity contribution in [1.29, 1.82) is 0 Å². The van der Waals surface area contributed by atoms with Gasteiger partial charge in [0.15, 0.2) is 0 Å². The van der Waals surface area contributed by atoms with Crippen LogP contribution >= 0.6 is 23.2 Å². The Morgan fingerprint density at radius 3 is 2.61 bits per heavy atom. The molecule has 1 heterocycles. The molecule has 168 valence electrons. The van der Waals surface area contributed by atoms with Crippen LogP contribution in [0.5, 0.6) is 5.75 Å². The summed E-state index contributed by atoms with van der Waals surface area (Å²) in [6, 6.07) is 12.5. The van der Waals surface area contributed by atoms with E-state index in [1.54, 1.807) is 19.2 Å². The molecule has 3 rings (SSSR count). The van der Waals surface area contributed by atoms with Gasteiger partial charge in [0.05, 0.1) is 18.8 Å². The van der Waals surface area contributed by atoms with E-state index in [0.29, 0.717) is 48.0 Å². The lowest BCUT2D eigenvalue weighted by atomic mass is 9.99. The number of hydrogen-bond donors (Lipinski definition) is 1. The van der Waals surface area contributed by atoms with Crippen molar-refractivity contribution in [3.8, 4) is 5.75 Å². The van der Waals surface area contributed by atoms with Gasteiger partial charge in [-0.25, -0.2) is 12.7 Å². The molecule has 6 nitrogen and oxygen atoms in total. The van der Waals surface area contributed by atoms with E-state index in [4.69, 9.17) is 27.9 Å². The van der Waals surface area contributed by atoms with Crippen LogP contribution in [0.1, 0.15) is 24.0 Å². The molecular formula is C22H26Cl2N2O4S. The van der Waals surface area contributed by atoms with Gasteiger partial charge in [-0.05, 0) is 54.7 Å². The fraction of sp³-hybridized carbons (Fsp3) is 0.409. The summed E-state index contributed by atoms with van der Waals surface area (Å²) in [4.78, 5) is 12.6. The minimum atomic E-state index is -3.59. The van der Waals surface area contributed by atoms with Gasteiger partial charge >= 0.3 is 0 Å². The van der Waals surface area contributed by atoms with Crippen molar-refractivity contribution < 1.29 is 17.9 Å². The molecule has 1 N–H and O–H groups in total. The fourth-order valence-corrected chi connectivity index (χ4v) is 5.80. The number of nitrogens with one attached hydrogen (secondary N) is 1. The van der Waals surface area contributed by atoms with Crippen LogP contribution < -0.4 is 10.1 Å². The molecule has 9 heteroatoms. The predicted octanol–water partition coefficient (Wildman–Crippen LogP) is 3.90. The Bertz CT molecular complexity index is 1010. The quantitative estimate of drug-likeness (QED) is 0.616. The first-order valence-corrected chi connectivity index (χ1v) is 12.5. The molecule has 0 aliphatic carbocycles. The third-order valence-corrected chi connectivity index (χ3v) is 7.75. The monoisotopic (exact) mass is 484 g/mol. The molecule has 1 amide bonds. The van der Waals surface area contributed by atoms with E-state index in [1.165, 1.54) is 10.4 Å². The molecule has 0 saturated carbocycles. The molecular weight excluding hydrogens is 459 g/mol. The van der Waals surface area contributed by atoms with Crippen molar-refractivity contribution in [1.82, 2.24) is 9.62 Å². The summed E-state index contributed by atoms with van der Waals surface area (Å²) in [5.41, 5.74) is 1.59. The van der Waals surface area contributed by atoms with Crippen LogP contribution in [-0.2, 0) is 27.0 Å².